The predicted octanol–water partition coefficient (Wildman–Crippen LogP) is 4.27. The van der Waals surface area contributed by atoms with E-state index in [1.165, 1.54) is 12.1 Å². The highest BCUT2D eigenvalue weighted by molar-refractivity contribution is 6.09. The minimum absolute atomic E-state index is 0.0370. The van der Waals surface area contributed by atoms with Gasteiger partial charge in [0.1, 0.15) is 11.5 Å². The molecule has 1 aromatic rings. The summed E-state index contributed by atoms with van der Waals surface area (Å²) in [5.74, 6) is -0.383. The number of benzene rings is 1. The lowest BCUT2D eigenvalue weighted by molar-refractivity contribution is -0.385. The zero-order chi connectivity index (χ0) is 18.4. The topological polar surface area (TPSA) is 86.5 Å². The van der Waals surface area contributed by atoms with Gasteiger partial charge in [0, 0.05) is 17.7 Å². The molecule has 3 fully saturated rings. The Morgan fingerprint density at radius 2 is 1.65 bits per heavy atom. The quantitative estimate of drug-likeness (QED) is 0.341. The molecule has 1 atom stereocenters. The standard InChI is InChI=1S/C20H23NO5/c22-17-19(9-4-5-10-19)16(14-7-6-8-15(13-14)21(24)25)26-18(23)20(17)11-2-1-3-12-20/h6-8,13,16H,1-5,9-12H2/t16-/m0/s1. The van der Waals surface area contributed by atoms with Crippen LogP contribution in [0.1, 0.15) is 69.5 Å². The van der Waals surface area contributed by atoms with E-state index in [0.29, 0.717) is 31.2 Å². The molecule has 0 aromatic heterocycles. The zero-order valence-electron chi connectivity index (χ0n) is 14.7. The van der Waals surface area contributed by atoms with Gasteiger partial charge in [-0.05, 0) is 25.7 Å². The SMILES string of the molecule is O=C1O[C@@H](c2cccc([N+](=O)[O-])c2)C2(CCCC2)C(=O)C12CCCCC2. The Hall–Kier alpha value is -2.24. The second-order valence-electron chi connectivity index (χ2n) is 7.97. The van der Waals surface area contributed by atoms with Crippen LogP contribution < -0.4 is 0 Å². The normalized spacial score (nSPS) is 26.8. The number of ketones is 1. The predicted molar refractivity (Wildman–Crippen MR) is 93.4 cm³/mol. The Kier molecular flexibility index (Phi) is 4.09. The van der Waals surface area contributed by atoms with Gasteiger partial charge in [-0.2, -0.15) is 0 Å². The largest absolute Gasteiger partial charge is 0.456 e. The van der Waals surface area contributed by atoms with E-state index in [-0.39, 0.29) is 11.5 Å². The minimum Gasteiger partial charge on any atom is -0.456 e. The summed E-state index contributed by atoms with van der Waals surface area (Å²) in [6.07, 6.45) is 6.46. The highest BCUT2D eigenvalue weighted by Gasteiger charge is 2.64. The summed E-state index contributed by atoms with van der Waals surface area (Å²) in [5, 5.41) is 11.2. The lowest BCUT2D eigenvalue weighted by Gasteiger charge is -2.49. The van der Waals surface area contributed by atoms with Gasteiger partial charge >= 0.3 is 5.97 Å². The number of hydrogen-bond acceptors (Lipinski definition) is 5. The maximum Gasteiger partial charge on any atom is 0.320 e. The molecule has 1 aromatic carbocycles. The molecular formula is C20H23NO5. The van der Waals surface area contributed by atoms with Gasteiger partial charge in [-0.1, -0.05) is 44.2 Å². The second-order valence-corrected chi connectivity index (χ2v) is 7.97. The number of hydrogen-bond donors (Lipinski definition) is 0. The van der Waals surface area contributed by atoms with E-state index >= 15 is 0 Å². The van der Waals surface area contributed by atoms with Crippen molar-refractivity contribution in [3.8, 4) is 0 Å². The molecule has 0 amide bonds. The number of Topliss-reactive ketones (excluding diaryl/α,β-unsaturated/α-hetero) is 1. The van der Waals surface area contributed by atoms with Gasteiger partial charge in [-0.25, -0.2) is 0 Å². The van der Waals surface area contributed by atoms with Gasteiger partial charge in [0.05, 0.1) is 10.3 Å². The molecule has 3 aliphatic rings. The number of nitro groups is 1. The Balaban J connectivity index is 1.78. The van der Waals surface area contributed by atoms with Crippen LogP contribution in [0.5, 0.6) is 0 Å². The van der Waals surface area contributed by atoms with E-state index in [9.17, 15) is 19.7 Å². The van der Waals surface area contributed by atoms with Gasteiger partial charge in [-0.15, -0.1) is 0 Å². The maximum atomic E-state index is 13.7. The van der Waals surface area contributed by atoms with Gasteiger partial charge in [0.25, 0.3) is 5.69 Å². The number of rotatable bonds is 2. The Bertz CT molecular complexity index is 759. The molecule has 2 saturated carbocycles. The maximum absolute atomic E-state index is 13.7. The van der Waals surface area contributed by atoms with Crippen molar-refractivity contribution in [2.75, 3.05) is 0 Å². The molecule has 2 spiro atoms. The van der Waals surface area contributed by atoms with Crippen LogP contribution in [-0.4, -0.2) is 16.7 Å². The average molecular weight is 357 g/mol. The molecule has 6 nitrogen and oxygen atoms in total. The lowest BCUT2D eigenvalue weighted by Crippen LogP contribution is -2.57. The number of cyclic esters (lactones) is 1. The van der Waals surface area contributed by atoms with E-state index < -0.39 is 27.8 Å². The van der Waals surface area contributed by atoms with E-state index in [4.69, 9.17) is 4.74 Å². The third-order valence-corrected chi connectivity index (χ3v) is 6.59. The van der Waals surface area contributed by atoms with E-state index in [1.807, 2.05) is 0 Å². The fourth-order valence-electron chi connectivity index (χ4n) is 5.29. The van der Waals surface area contributed by atoms with Crippen molar-refractivity contribution in [3.05, 3.63) is 39.9 Å². The number of nitro benzene ring substituents is 1. The van der Waals surface area contributed by atoms with E-state index in [0.717, 1.165) is 32.1 Å². The zero-order valence-corrected chi connectivity index (χ0v) is 14.7. The molecular weight excluding hydrogens is 334 g/mol. The summed E-state index contributed by atoms with van der Waals surface area (Å²) in [6.45, 7) is 0. The van der Waals surface area contributed by atoms with Crippen LogP contribution in [0.25, 0.3) is 0 Å². The van der Waals surface area contributed by atoms with Crippen molar-refractivity contribution in [1.29, 1.82) is 0 Å². The van der Waals surface area contributed by atoms with Crippen molar-refractivity contribution >= 4 is 17.4 Å². The van der Waals surface area contributed by atoms with Crippen LogP contribution in [-0.2, 0) is 14.3 Å². The first kappa shape index (κ1) is 17.2. The van der Waals surface area contributed by atoms with Gasteiger partial charge in [0.2, 0.25) is 0 Å². The van der Waals surface area contributed by atoms with Crippen LogP contribution in [0.15, 0.2) is 24.3 Å². The van der Waals surface area contributed by atoms with Crippen LogP contribution in [0.2, 0.25) is 0 Å². The van der Waals surface area contributed by atoms with Crippen molar-refractivity contribution in [2.45, 2.75) is 63.9 Å². The lowest BCUT2D eigenvalue weighted by atomic mass is 9.58. The van der Waals surface area contributed by atoms with Crippen LogP contribution in [0, 0.1) is 20.9 Å². The molecule has 6 heteroatoms. The molecule has 1 heterocycles. The molecule has 0 unspecified atom stereocenters. The monoisotopic (exact) mass is 357 g/mol. The van der Waals surface area contributed by atoms with E-state index in [2.05, 4.69) is 0 Å². The summed E-state index contributed by atoms with van der Waals surface area (Å²) in [7, 11) is 0. The smallest absolute Gasteiger partial charge is 0.320 e. The van der Waals surface area contributed by atoms with Gasteiger partial charge in [-0.3, -0.25) is 19.7 Å². The molecule has 0 bridgehead atoms. The number of carbonyl (C=O) groups is 2. The molecule has 0 N–H and O–H groups in total. The Labute approximate surface area is 152 Å². The molecule has 138 valence electrons. The minimum atomic E-state index is -0.986. The molecule has 1 aliphatic heterocycles. The summed E-state index contributed by atoms with van der Waals surface area (Å²) < 4.78 is 5.93. The number of ether oxygens (including phenoxy) is 1. The third kappa shape index (κ3) is 2.38. The van der Waals surface area contributed by atoms with Gasteiger partial charge in [0.15, 0.2) is 5.78 Å². The number of carbonyl (C=O) groups excluding carboxylic acids is 2. The third-order valence-electron chi connectivity index (χ3n) is 6.59. The van der Waals surface area contributed by atoms with Crippen molar-refractivity contribution in [1.82, 2.24) is 0 Å². The first-order valence-corrected chi connectivity index (χ1v) is 9.50. The summed E-state index contributed by atoms with van der Waals surface area (Å²) in [5.41, 5.74) is -1.19. The number of non-ortho nitro benzene ring substituents is 1. The number of nitrogens with zero attached hydrogens (tertiary/aromatic N) is 1. The molecule has 2 aliphatic carbocycles. The Morgan fingerprint density at radius 3 is 2.31 bits per heavy atom. The molecule has 0 radical (unpaired) electrons. The highest BCUT2D eigenvalue weighted by atomic mass is 16.6. The summed E-state index contributed by atoms with van der Waals surface area (Å²) >= 11 is 0. The van der Waals surface area contributed by atoms with Crippen molar-refractivity contribution < 1.29 is 19.2 Å². The highest BCUT2D eigenvalue weighted by Crippen LogP contribution is 2.59. The van der Waals surface area contributed by atoms with E-state index in [1.54, 1.807) is 12.1 Å². The van der Waals surface area contributed by atoms with Gasteiger partial charge < -0.3 is 4.74 Å². The fraction of sp³-hybridized carbons (Fsp3) is 0.600. The summed E-state index contributed by atoms with van der Waals surface area (Å²) in [4.78, 5) is 37.3. The molecule has 1 saturated heterocycles. The van der Waals surface area contributed by atoms with Crippen LogP contribution in [0.4, 0.5) is 5.69 Å². The fourth-order valence-corrected chi connectivity index (χ4v) is 5.29. The first-order valence-electron chi connectivity index (χ1n) is 9.50. The Morgan fingerprint density at radius 1 is 1.00 bits per heavy atom. The molecule has 26 heavy (non-hydrogen) atoms. The van der Waals surface area contributed by atoms with Crippen molar-refractivity contribution in [3.63, 3.8) is 0 Å². The van der Waals surface area contributed by atoms with Crippen LogP contribution >= 0.6 is 0 Å². The number of esters is 1. The second kappa shape index (κ2) is 6.18. The first-order chi connectivity index (χ1) is 12.5. The van der Waals surface area contributed by atoms with Crippen molar-refractivity contribution in [2.24, 2.45) is 10.8 Å². The van der Waals surface area contributed by atoms with Crippen LogP contribution in [0.3, 0.4) is 0 Å². The summed E-state index contributed by atoms with van der Waals surface area (Å²) in [6, 6.07) is 6.20. The molecule has 4 rings (SSSR count). The average Bonchev–Trinajstić information content (AvgIpc) is 3.15.